The molecule has 110 valence electrons. The maximum atomic E-state index is 12.0. The van der Waals surface area contributed by atoms with Gasteiger partial charge in [-0.15, -0.1) is 0 Å². The van der Waals surface area contributed by atoms with Crippen LogP contribution in [0.2, 0.25) is 0 Å². The van der Waals surface area contributed by atoms with Crippen molar-refractivity contribution in [1.29, 1.82) is 0 Å². The lowest BCUT2D eigenvalue weighted by atomic mass is 9.85. The minimum Gasteiger partial charge on any atom is -0.350 e. The highest BCUT2D eigenvalue weighted by Crippen LogP contribution is 2.29. The fraction of sp³-hybridized carbons (Fsp3) is 0.929. The number of rotatable bonds is 2. The lowest BCUT2D eigenvalue weighted by Crippen LogP contribution is -2.43. The van der Waals surface area contributed by atoms with Crippen LogP contribution in [0.5, 0.6) is 0 Å². The maximum absolute atomic E-state index is 12.0. The largest absolute Gasteiger partial charge is 0.350 e. The third-order valence-electron chi connectivity index (χ3n) is 4.04. The van der Waals surface area contributed by atoms with Crippen LogP contribution in [0, 0.1) is 5.41 Å². The zero-order valence-electron chi connectivity index (χ0n) is 12.1. The number of amides is 2. The Labute approximate surface area is 115 Å². The average Bonchev–Trinajstić information content (AvgIpc) is 2.58. The van der Waals surface area contributed by atoms with E-state index in [1.807, 2.05) is 4.90 Å². The van der Waals surface area contributed by atoms with E-state index in [1.165, 1.54) is 6.42 Å². The van der Waals surface area contributed by atoms with Crippen molar-refractivity contribution in [1.82, 2.24) is 10.4 Å². The van der Waals surface area contributed by atoms with Crippen LogP contribution >= 0.6 is 0 Å². The number of carbonyl (C=O) groups excluding carboxylic acids is 1. The molecule has 1 N–H and O–H groups in total. The highest BCUT2D eigenvalue weighted by molar-refractivity contribution is 5.73. The Kier molecular flexibility index (Phi) is 5.05. The molecule has 1 atom stereocenters. The summed E-state index contributed by atoms with van der Waals surface area (Å²) in [6.07, 6.45) is 6.02. The van der Waals surface area contributed by atoms with Crippen molar-refractivity contribution in [2.75, 3.05) is 19.7 Å². The Morgan fingerprint density at radius 1 is 1.26 bits per heavy atom. The molecule has 2 heterocycles. The number of ether oxygens (including phenoxy) is 1. The molecule has 5 heteroatoms. The molecular weight excluding hydrogens is 244 g/mol. The van der Waals surface area contributed by atoms with Gasteiger partial charge in [-0.3, -0.25) is 0 Å². The summed E-state index contributed by atoms with van der Waals surface area (Å²) in [5, 5.41) is 0. The van der Waals surface area contributed by atoms with Gasteiger partial charge in [0.2, 0.25) is 0 Å². The molecule has 19 heavy (non-hydrogen) atoms. The topological polar surface area (TPSA) is 50.8 Å². The van der Waals surface area contributed by atoms with Crippen LogP contribution in [0.25, 0.3) is 0 Å². The molecule has 2 aliphatic heterocycles. The van der Waals surface area contributed by atoms with Gasteiger partial charge in [0.1, 0.15) is 0 Å². The van der Waals surface area contributed by atoms with Crippen molar-refractivity contribution in [3.63, 3.8) is 0 Å². The molecular formula is C14H26N2O3. The minimum atomic E-state index is -0.277. The van der Waals surface area contributed by atoms with E-state index in [0.29, 0.717) is 5.41 Å². The number of hydrogen-bond acceptors (Lipinski definition) is 3. The lowest BCUT2D eigenvalue weighted by molar-refractivity contribution is -0.187. The Morgan fingerprint density at radius 2 is 2.11 bits per heavy atom. The second-order valence-electron chi connectivity index (χ2n) is 6.33. The number of hydrogen-bond donors (Lipinski definition) is 1. The second-order valence-corrected chi connectivity index (χ2v) is 6.33. The molecule has 0 radical (unpaired) electrons. The lowest BCUT2D eigenvalue weighted by Gasteiger charge is -2.26. The van der Waals surface area contributed by atoms with Gasteiger partial charge in [0.05, 0.1) is 0 Å². The number of urea groups is 1. The molecule has 0 unspecified atom stereocenters. The van der Waals surface area contributed by atoms with E-state index < -0.39 is 0 Å². The minimum absolute atomic E-state index is 0.133. The number of nitrogens with one attached hydrogen (secondary N) is 1. The third kappa shape index (κ3) is 4.66. The van der Waals surface area contributed by atoms with Gasteiger partial charge in [0.15, 0.2) is 6.29 Å². The van der Waals surface area contributed by atoms with Crippen LogP contribution in [0.1, 0.15) is 52.4 Å². The Hall–Kier alpha value is -0.810. The highest BCUT2D eigenvalue weighted by atomic mass is 16.8. The predicted molar refractivity (Wildman–Crippen MR) is 72.4 cm³/mol. The van der Waals surface area contributed by atoms with Gasteiger partial charge in [-0.05, 0) is 37.5 Å². The van der Waals surface area contributed by atoms with Gasteiger partial charge in [0.25, 0.3) is 0 Å². The fourth-order valence-corrected chi connectivity index (χ4v) is 2.61. The van der Waals surface area contributed by atoms with E-state index in [0.717, 1.165) is 51.8 Å². The number of nitrogens with zero attached hydrogens (tertiary/aromatic N) is 1. The van der Waals surface area contributed by atoms with E-state index in [-0.39, 0.29) is 12.3 Å². The zero-order valence-corrected chi connectivity index (χ0v) is 12.1. The molecule has 0 aromatic carbocycles. The van der Waals surface area contributed by atoms with E-state index in [4.69, 9.17) is 9.57 Å². The molecule has 0 aliphatic carbocycles. The molecule has 5 nitrogen and oxygen atoms in total. The van der Waals surface area contributed by atoms with Crippen LogP contribution in [-0.4, -0.2) is 36.9 Å². The standard InChI is InChI=1S/C14H26N2O3/c1-14(2)7-5-9-16(10-8-14)13(17)15-19-12-6-3-4-11-18-12/h12H,3-11H2,1-2H3,(H,15,17)/t12-/m0/s1. The Bertz CT molecular complexity index is 301. The normalized spacial score (nSPS) is 27.7. The summed E-state index contributed by atoms with van der Waals surface area (Å²) in [5.41, 5.74) is 2.87. The molecule has 2 aliphatic rings. The molecule has 2 fully saturated rings. The van der Waals surface area contributed by atoms with Crippen molar-refractivity contribution < 1.29 is 14.4 Å². The Morgan fingerprint density at radius 3 is 2.84 bits per heavy atom. The molecule has 2 rings (SSSR count). The van der Waals surface area contributed by atoms with Crippen LogP contribution in [0.3, 0.4) is 0 Å². The highest BCUT2D eigenvalue weighted by Gasteiger charge is 2.26. The predicted octanol–water partition coefficient (Wildman–Crippen LogP) is 2.67. The van der Waals surface area contributed by atoms with Crippen molar-refractivity contribution in [3.8, 4) is 0 Å². The SMILES string of the molecule is CC1(C)CCCN(C(=O)NO[C@H]2CCCCO2)CC1. The van der Waals surface area contributed by atoms with Crippen molar-refractivity contribution in [3.05, 3.63) is 0 Å². The van der Waals surface area contributed by atoms with Gasteiger partial charge < -0.3 is 9.64 Å². The van der Waals surface area contributed by atoms with E-state index >= 15 is 0 Å². The first-order valence-corrected chi connectivity index (χ1v) is 7.39. The first kappa shape index (κ1) is 14.6. The summed E-state index contributed by atoms with van der Waals surface area (Å²) in [4.78, 5) is 19.2. The molecule has 0 spiro atoms. The van der Waals surface area contributed by atoms with Gasteiger partial charge in [-0.2, -0.15) is 0 Å². The molecule has 0 aromatic heterocycles. The molecule has 2 amide bonds. The first-order valence-electron chi connectivity index (χ1n) is 7.39. The smallest absolute Gasteiger partial charge is 0.341 e. The van der Waals surface area contributed by atoms with Gasteiger partial charge in [-0.25, -0.2) is 15.1 Å². The third-order valence-corrected chi connectivity index (χ3v) is 4.04. The van der Waals surface area contributed by atoms with E-state index in [2.05, 4.69) is 19.3 Å². The first-order chi connectivity index (χ1) is 9.07. The van der Waals surface area contributed by atoms with E-state index in [9.17, 15) is 4.79 Å². The van der Waals surface area contributed by atoms with Crippen molar-refractivity contribution in [2.45, 2.75) is 58.7 Å². The molecule has 0 saturated carbocycles. The number of carbonyl (C=O) groups is 1. The molecule has 0 bridgehead atoms. The summed E-state index contributed by atoms with van der Waals surface area (Å²) >= 11 is 0. The number of likely N-dealkylation sites (tertiary alicyclic amines) is 1. The fourth-order valence-electron chi connectivity index (χ4n) is 2.61. The summed E-state index contributed by atoms with van der Waals surface area (Å²) in [6, 6.07) is -0.133. The zero-order chi connectivity index (χ0) is 13.7. The summed E-state index contributed by atoms with van der Waals surface area (Å²) in [6.45, 7) is 6.86. The summed E-state index contributed by atoms with van der Waals surface area (Å²) in [7, 11) is 0. The van der Waals surface area contributed by atoms with Gasteiger partial charge >= 0.3 is 6.03 Å². The monoisotopic (exact) mass is 270 g/mol. The maximum Gasteiger partial charge on any atom is 0.341 e. The van der Waals surface area contributed by atoms with Crippen LogP contribution in [0.15, 0.2) is 0 Å². The quantitative estimate of drug-likeness (QED) is 0.785. The summed E-state index contributed by atoms with van der Waals surface area (Å²) in [5.74, 6) is 0. The average molecular weight is 270 g/mol. The van der Waals surface area contributed by atoms with Crippen LogP contribution in [0.4, 0.5) is 4.79 Å². The van der Waals surface area contributed by atoms with Gasteiger partial charge in [-0.1, -0.05) is 13.8 Å². The van der Waals surface area contributed by atoms with Crippen molar-refractivity contribution in [2.24, 2.45) is 5.41 Å². The van der Waals surface area contributed by atoms with Crippen LogP contribution < -0.4 is 5.48 Å². The second kappa shape index (κ2) is 6.57. The van der Waals surface area contributed by atoms with E-state index in [1.54, 1.807) is 0 Å². The van der Waals surface area contributed by atoms with Crippen LogP contribution in [-0.2, 0) is 9.57 Å². The van der Waals surface area contributed by atoms with Gasteiger partial charge in [0, 0.05) is 26.1 Å². The molecule has 2 saturated heterocycles. The van der Waals surface area contributed by atoms with Crippen molar-refractivity contribution >= 4 is 6.03 Å². The molecule has 0 aromatic rings. The summed E-state index contributed by atoms with van der Waals surface area (Å²) < 4.78 is 5.42. The Balaban J connectivity index is 1.73. The number of hydroxylamine groups is 1.